The van der Waals surface area contributed by atoms with Crippen molar-refractivity contribution in [3.05, 3.63) is 63.6 Å². The Bertz CT molecular complexity index is 897. The number of hydrogen-bond donors (Lipinski definition) is 1. The van der Waals surface area contributed by atoms with Crippen LogP contribution >= 0.6 is 23.2 Å². The molecule has 26 heavy (non-hydrogen) atoms. The van der Waals surface area contributed by atoms with E-state index in [0.29, 0.717) is 18.1 Å². The molecule has 0 atom stereocenters. The average Bonchev–Trinajstić information content (AvgIpc) is 2.61. The van der Waals surface area contributed by atoms with Crippen LogP contribution in [0, 0.1) is 0 Å². The average molecular weight is 415 g/mol. The first-order valence-corrected chi connectivity index (χ1v) is 10.3. The fraction of sp³-hybridized carbons (Fsp3) is 0.278. The molecule has 0 saturated heterocycles. The predicted octanol–water partition coefficient (Wildman–Crippen LogP) is 3.95. The summed E-state index contributed by atoms with van der Waals surface area (Å²) >= 11 is 12.2. The fourth-order valence-corrected chi connectivity index (χ4v) is 4.63. The van der Waals surface area contributed by atoms with Crippen LogP contribution in [0.2, 0.25) is 10.0 Å². The highest BCUT2D eigenvalue weighted by molar-refractivity contribution is 7.89. The van der Waals surface area contributed by atoms with E-state index in [9.17, 15) is 13.2 Å². The molecule has 0 aromatic heterocycles. The molecule has 0 saturated carbocycles. The Morgan fingerprint density at radius 3 is 2.31 bits per heavy atom. The number of nitrogens with zero attached hydrogens (tertiary/aromatic N) is 1. The Hall–Kier alpha value is -1.60. The van der Waals surface area contributed by atoms with E-state index in [4.69, 9.17) is 23.2 Å². The summed E-state index contributed by atoms with van der Waals surface area (Å²) in [6.07, 6.45) is 0. The van der Waals surface area contributed by atoms with E-state index in [2.05, 4.69) is 5.32 Å². The van der Waals surface area contributed by atoms with Gasteiger partial charge in [0, 0.05) is 30.2 Å². The maximum Gasteiger partial charge on any atom is 0.251 e. The SMILES string of the molecule is CCN(CC)S(=O)(=O)c1cc(C(=O)NCc2ccccc2Cl)ccc1Cl. The number of amides is 1. The Morgan fingerprint density at radius 2 is 1.69 bits per heavy atom. The molecule has 0 radical (unpaired) electrons. The highest BCUT2D eigenvalue weighted by Crippen LogP contribution is 2.26. The third kappa shape index (κ3) is 4.57. The van der Waals surface area contributed by atoms with Gasteiger partial charge in [-0.2, -0.15) is 4.31 Å². The second-order valence-corrected chi connectivity index (χ2v) is 8.23. The van der Waals surface area contributed by atoms with Gasteiger partial charge in [0.2, 0.25) is 10.0 Å². The van der Waals surface area contributed by atoms with Gasteiger partial charge in [-0.05, 0) is 29.8 Å². The molecule has 0 aliphatic carbocycles. The molecule has 1 N–H and O–H groups in total. The first-order valence-electron chi connectivity index (χ1n) is 8.12. The van der Waals surface area contributed by atoms with Gasteiger partial charge >= 0.3 is 0 Å². The number of benzene rings is 2. The van der Waals surface area contributed by atoms with Gasteiger partial charge < -0.3 is 5.32 Å². The molecule has 0 aliphatic heterocycles. The summed E-state index contributed by atoms with van der Waals surface area (Å²) in [7, 11) is -3.76. The van der Waals surface area contributed by atoms with Crippen molar-refractivity contribution in [1.82, 2.24) is 9.62 Å². The Kier molecular flexibility index (Phi) is 7.06. The molecule has 2 rings (SSSR count). The Morgan fingerprint density at radius 1 is 1.04 bits per heavy atom. The molecule has 0 spiro atoms. The molecule has 0 fully saturated rings. The van der Waals surface area contributed by atoms with Crippen LogP contribution < -0.4 is 5.32 Å². The lowest BCUT2D eigenvalue weighted by molar-refractivity contribution is 0.0950. The van der Waals surface area contributed by atoms with Gasteiger partial charge in [-0.25, -0.2) is 8.42 Å². The van der Waals surface area contributed by atoms with Crippen molar-refractivity contribution in [2.24, 2.45) is 0 Å². The van der Waals surface area contributed by atoms with Crippen LogP contribution in [0.3, 0.4) is 0 Å². The van der Waals surface area contributed by atoms with Crippen LogP contribution in [0.4, 0.5) is 0 Å². The molecule has 0 heterocycles. The van der Waals surface area contributed by atoms with Crippen molar-refractivity contribution >= 4 is 39.1 Å². The molecule has 0 unspecified atom stereocenters. The van der Waals surface area contributed by atoms with Crippen molar-refractivity contribution in [1.29, 1.82) is 0 Å². The monoisotopic (exact) mass is 414 g/mol. The van der Waals surface area contributed by atoms with E-state index in [0.717, 1.165) is 5.56 Å². The lowest BCUT2D eigenvalue weighted by Gasteiger charge is -2.19. The highest BCUT2D eigenvalue weighted by Gasteiger charge is 2.25. The molecule has 2 aromatic rings. The summed E-state index contributed by atoms with van der Waals surface area (Å²) in [5.74, 6) is -0.405. The van der Waals surface area contributed by atoms with Gasteiger partial charge in [0.05, 0.1) is 5.02 Å². The number of rotatable bonds is 7. The molecule has 5 nitrogen and oxygen atoms in total. The number of carbonyl (C=O) groups excluding carboxylic acids is 1. The van der Waals surface area contributed by atoms with Gasteiger partial charge in [0.1, 0.15) is 4.90 Å². The number of sulfonamides is 1. The normalized spacial score (nSPS) is 11.6. The third-order valence-corrected chi connectivity index (χ3v) is 6.81. The zero-order valence-electron chi connectivity index (χ0n) is 14.5. The topological polar surface area (TPSA) is 66.5 Å². The summed E-state index contributed by atoms with van der Waals surface area (Å²) in [6.45, 7) is 4.36. The maximum atomic E-state index is 12.7. The van der Waals surface area contributed by atoms with E-state index in [1.54, 1.807) is 32.0 Å². The minimum Gasteiger partial charge on any atom is -0.348 e. The lowest BCUT2D eigenvalue weighted by Crippen LogP contribution is -2.31. The number of nitrogens with one attached hydrogen (secondary N) is 1. The fourth-order valence-electron chi connectivity index (χ4n) is 2.46. The van der Waals surface area contributed by atoms with Crippen molar-refractivity contribution in [2.45, 2.75) is 25.3 Å². The van der Waals surface area contributed by atoms with Crippen molar-refractivity contribution in [3.8, 4) is 0 Å². The van der Waals surface area contributed by atoms with E-state index in [-0.39, 0.29) is 22.0 Å². The maximum absolute atomic E-state index is 12.7. The molecule has 0 aliphatic rings. The minimum atomic E-state index is -3.76. The zero-order valence-corrected chi connectivity index (χ0v) is 16.8. The summed E-state index contributed by atoms with van der Waals surface area (Å²) in [5.41, 5.74) is 0.986. The largest absolute Gasteiger partial charge is 0.348 e. The van der Waals surface area contributed by atoms with Gasteiger partial charge in [-0.1, -0.05) is 55.2 Å². The summed E-state index contributed by atoms with van der Waals surface area (Å²) in [4.78, 5) is 12.3. The molecule has 8 heteroatoms. The molecular weight excluding hydrogens is 395 g/mol. The predicted molar refractivity (Wildman–Crippen MR) is 104 cm³/mol. The van der Waals surface area contributed by atoms with Crippen LogP contribution in [0.1, 0.15) is 29.8 Å². The number of halogens is 2. The summed E-state index contributed by atoms with van der Waals surface area (Å²) in [6, 6.07) is 11.4. The lowest BCUT2D eigenvalue weighted by atomic mass is 10.2. The second-order valence-electron chi connectivity index (χ2n) is 5.51. The Balaban J connectivity index is 2.26. The third-order valence-electron chi connectivity index (χ3n) is 3.91. The summed E-state index contributed by atoms with van der Waals surface area (Å²) in [5, 5.41) is 3.37. The van der Waals surface area contributed by atoms with Crippen LogP contribution in [0.25, 0.3) is 0 Å². The molecule has 140 valence electrons. The van der Waals surface area contributed by atoms with E-state index in [1.165, 1.54) is 22.5 Å². The van der Waals surface area contributed by atoms with Crippen molar-refractivity contribution in [2.75, 3.05) is 13.1 Å². The van der Waals surface area contributed by atoms with Gasteiger partial charge in [-0.3, -0.25) is 4.79 Å². The first kappa shape index (κ1) is 20.7. The molecular formula is C18H20Cl2N2O3S. The first-order chi connectivity index (χ1) is 12.3. The zero-order chi connectivity index (χ0) is 19.3. The second kappa shape index (κ2) is 8.86. The van der Waals surface area contributed by atoms with Crippen molar-refractivity contribution in [3.63, 3.8) is 0 Å². The Labute approximate surface area is 164 Å². The van der Waals surface area contributed by atoms with E-state index < -0.39 is 15.9 Å². The van der Waals surface area contributed by atoms with Crippen LogP contribution in [0.15, 0.2) is 47.4 Å². The number of carbonyl (C=O) groups is 1. The smallest absolute Gasteiger partial charge is 0.251 e. The van der Waals surface area contributed by atoms with Crippen LogP contribution in [-0.4, -0.2) is 31.7 Å². The van der Waals surface area contributed by atoms with Crippen LogP contribution in [0.5, 0.6) is 0 Å². The van der Waals surface area contributed by atoms with E-state index >= 15 is 0 Å². The number of hydrogen-bond acceptors (Lipinski definition) is 3. The van der Waals surface area contributed by atoms with Gasteiger partial charge in [0.25, 0.3) is 5.91 Å². The van der Waals surface area contributed by atoms with E-state index in [1.807, 2.05) is 6.07 Å². The standard InChI is InChI=1S/C18H20Cl2N2O3S/c1-3-22(4-2)26(24,25)17-11-13(9-10-16(17)20)18(23)21-12-14-7-5-6-8-15(14)19/h5-11H,3-4,12H2,1-2H3,(H,21,23). The minimum absolute atomic E-state index is 0.0757. The van der Waals surface area contributed by atoms with Gasteiger partial charge in [-0.15, -0.1) is 0 Å². The van der Waals surface area contributed by atoms with Crippen LogP contribution in [-0.2, 0) is 16.6 Å². The molecule has 0 bridgehead atoms. The van der Waals surface area contributed by atoms with Gasteiger partial charge in [0.15, 0.2) is 0 Å². The highest BCUT2D eigenvalue weighted by atomic mass is 35.5. The van der Waals surface area contributed by atoms with Crippen molar-refractivity contribution < 1.29 is 13.2 Å². The molecule has 2 aromatic carbocycles. The summed E-state index contributed by atoms with van der Waals surface area (Å²) < 4.78 is 26.7. The quantitative estimate of drug-likeness (QED) is 0.745. The molecule has 1 amide bonds.